The number of carbonyl (C=O) groups is 1. The van der Waals surface area contributed by atoms with Gasteiger partial charge in [-0.25, -0.2) is 4.98 Å². The maximum absolute atomic E-state index is 12.5. The Morgan fingerprint density at radius 2 is 2.21 bits per heavy atom. The Labute approximate surface area is 111 Å². The summed E-state index contributed by atoms with van der Waals surface area (Å²) in [7, 11) is 0. The second-order valence-corrected chi connectivity index (χ2v) is 5.79. The summed E-state index contributed by atoms with van der Waals surface area (Å²) in [5, 5.41) is 9.27. The third-order valence-electron chi connectivity index (χ3n) is 3.05. The van der Waals surface area contributed by atoms with E-state index in [2.05, 4.69) is 4.98 Å². The molecule has 1 aromatic heterocycles. The van der Waals surface area contributed by atoms with Crippen LogP contribution in [-0.4, -0.2) is 29.1 Å². The first-order valence-electron chi connectivity index (χ1n) is 5.78. The van der Waals surface area contributed by atoms with Crippen LogP contribution in [0.25, 0.3) is 0 Å². The van der Waals surface area contributed by atoms with Crippen molar-refractivity contribution in [1.29, 1.82) is 0 Å². The summed E-state index contributed by atoms with van der Waals surface area (Å²) in [6, 6.07) is 0. The second kappa shape index (κ2) is 4.99. The van der Waals surface area contributed by atoms with Crippen LogP contribution < -0.4 is 4.90 Å². The van der Waals surface area contributed by atoms with E-state index in [1.54, 1.807) is 4.90 Å². The minimum atomic E-state index is -4.40. The number of hydrogen-bond donors (Lipinski definition) is 1. The molecule has 0 radical (unpaired) electrons. The molecule has 1 saturated heterocycles. The summed E-state index contributed by atoms with van der Waals surface area (Å²) in [4.78, 5) is 15.7. The summed E-state index contributed by atoms with van der Waals surface area (Å²) in [6.45, 7) is 2.64. The predicted molar refractivity (Wildman–Crippen MR) is 64.2 cm³/mol. The van der Waals surface area contributed by atoms with E-state index < -0.39 is 22.9 Å². The van der Waals surface area contributed by atoms with Gasteiger partial charge in [-0.2, -0.15) is 13.2 Å². The van der Waals surface area contributed by atoms with E-state index in [0.29, 0.717) is 24.3 Å². The van der Waals surface area contributed by atoms with Gasteiger partial charge in [0, 0.05) is 13.1 Å². The Morgan fingerprint density at radius 3 is 2.74 bits per heavy atom. The molecule has 1 aliphatic rings. The lowest BCUT2D eigenvalue weighted by Gasteiger charge is -2.34. The number of halogens is 3. The van der Waals surface area contributed by atoms with Crippen molar-refractivity contribution >= 4 is 22.4 Å². The maximum Gasteiger partial charge on any atom is 0.427 e. The standard InChI is InChI=1S/C11H13F3N2O2S/c1-6-2-7(9(17)18)5-16(4-6)10-15-3-8(19-10)11(12,13)14/h3,6-7H,2,4-5H2,1H3,(H,17,18). The second-order valence-electron chi connectivity index (χ2n) is 4.79. The number of carboxylic acids is 1. The molecule has 1 aromatic rings. The summed E-state index contributed by atoms with van der Waals surface area (Å²) in [5.41, 5.74) is 0. The molecule has 2 unspecified atom stereocenters. The molecule has 0 aliphatic carbocycles. The van der Waals surface area contributed by atoms with Crippen molar-refractivity contribution in [2.75, 3.05) is 18.0 Å². The summed E-state index contributed by atoms with van der Waals surface area (Å²) in [5.74, 6) is -1.35. The van der Waals surface area contributed by atoms with Crippen molar-refractivity contribution in [2.45, 2.75) is 19.5 Å². The van der Waals surface area contributed by atoms with E-state index in [1.165, 1.54) is 0 Å². The molecule has 4 nitrogen and oxygen atoms in total. The Balaban J connectivity index is 2.17. The van der Waals surface area contributed by atoms with Crippen LogP contribution >= 0.6 is 11.3 Å². The summed E-state index contributed by atoms with van der Waals surface area (Å²) in [6.07, 6.45) is -3.05. The van der Waals surface area contributed by atoms with Gasteiger partial charge >= 0.3 is 12.1 Å². The van der Waals surface area contributed by atoms with E-state index in [9.17, 15) is 18.0 Å². The third kappa shape index (κ3) is 3.17. The van der Waals surface area contributed by atoms with Crippen LogP contribution in [-0.2, 0) is 11.0 Å². The van der Waals surface area contributed by atoms with E-state index in [-0.39, 0.29) is 17.6 Å². The Hall–Kier alpha value is -1.31. The quantitative estimate of drug-likeness (QED) is 0.911. The van der Waals surface area contributed by atoms with Crippen LogP contribution in [0.5, 0.6) is 0 Å². The molecule has 2 rings (SSSR count). The highest BCUT2D eigenvalue weighted by atomic mass is 32.1. The minimum absolute atomic E-state index is 0.119. The average Bonchev–Trinajstić information content (AvgIpc) is 2.76. The van der Waals surface area contributed by atoms with Gasteiger partial charge in [-0.05, 0) is 12.3 Å². The van der Waals surface area contributed by atoms with Crippen molar-refractivity contribution in [3.05, 3.63) is 11.1 Å². The molecular formula is C11H13F3N2O2S. The van der Waals surface area contributed by atoms with Crippen molar-refractivity contribution < 1.29 is 23.1 Å². The lowest BCUT2D eigenvalue weighted by atomic mass is 9.91. The normalized spacial score (nSPS) is 24.5. The molecule has 2 atom stereocenters. The van der Waals surface area contributed by atoms with Crippen molar-refractivity contribution in [1.82, 2.24) is 4.98 Å². The van der Waals surface area contributed by atoms with Gasteiger partial charge in [-0.1, -0.05) is 18.3 Å². The molecule has 1 fully saturated rings. The number of rotatable bonds is 2. The Kier molecular flexibility index (Phi) is 3.71. The van der Waals surface area contributed by atoms with Gasteiger partial charge in [-0.15, -0.1) is 0 Å². The SMILES string of the molecule is CC1CC(C(=O)O)CN(c2ncc(C(F)(F)F)s2)C1. The van der Waals surface area contributed by atoms with Gasteiger partial charge in [0.15, 0.2) is 5.13 Å². The number of thiazole rings is 1. The van der Waals surface area contributed by atoms with Crippen LogP contribution in [0.4, 0.5) is 18.3 Å². The molecule has 19 heavy (non-hydrogen) atoms. The van der Waals surface area contributed by atoms with E-state index >= 15 is 0 Å². The number of hydrogen-bond acceptors (Lipinski definition) is 4. The zero-order valence-electron chi connectivity index (χ0n) is 10.1. The van der Waals surface area contributed by atoms with Gasteiger partial charge in [0.2, 0.25) is 0 Å². The van der Waals surface area contributed by atoms with E-state index in [1.807, 2.05) is 6.92 Å². The van der Waals surface area contributed by atoms with Gasteiger partial charge in [0.05, 0.1) is 12.1 Å². The number of carboxylic acid groups (broad SMARTS) is 1. The van der Waals surface area contributed by atoms with Gasteiger partial charge in [0.25, 0.3) is 0 Å². The lowest BCUT2D eigenvalue weighted by Crippen LogP contribution is -2.42. The predicted octanol–water partition coefficient (Wildman–Crippen LogP) is 2.71. The Morgan fingerprint density at radius 1 is 1.53 bits per heavy atom. The molecule has 1 aliphatic heterocycles. The number of anilines is 1. The van der Waals surface area contributed by atoms with Gasteiger partial charge in [-0.3, -0.25) is 4.79 Å². The van der Waals surface area contributed by atoms with Crippen molar-refractivity contribution in [2.24, 2.45) is 11.8 Å². The molecule has 106 valence electrons. The van der Waals surface area contributed by atoms with E-state index in [0.717, 1.165) is 6.20 Å². The average molecular weight is 294 g/mol. The largest absolute Gasteiger partial charge is 0.481 e. The van der Waals surface area contributed by atoms with Gasteiger partial charge in [0.1, 0.15) is 4.88 Å². The zero-order valence-corrected chi connectivity index (χ0v) is 11.0. The fraction of sp³-hybridized carbons (Fsp3) is 0.636. The number of piperidine rings is 1. The minimum Gasteiger partial charge on any atom is -0.481 e. The monoisotopic (exact) mass is 294 g/mol. The molecule has 0 spiro atoms. The van der Waals surface area contributed by atoms with Crippen LogP contribution in [0.15, 0.2) is 6.20 Å². The number of alkyl halides is 3. The number of aliphatic carboxylic acids is 1. The van der Waals surface area contributed by atoms with Crippen LogP contribution in [0.1, 0.15) is 18.2 Å². The van der Waals surface area contributed by atoms with Crippen LogP contribution in [0, 0.1) is 11.8 Å². The van der Waals surface area contributed by atoms with Crippen LogP contribution in [0.3, 0.4) is 0 Å². The molecule has 0 saturated carbocycles. The summed E-state index contributed by atoms with van der Waals surface area (Å²) < 4.78 is 37.5. The number of nitrogens with zero attached hydrogens (tertiary/aromatic N) is 2. The fourth-order valence-corrected chi connectivity index (χ4v) is 3.03. The first kappa shape index (κ1) is 14.1. The smallest absolute Gasteiger partial charge is 0.427 e. The molecular weight excluding hydrogens is 281 g/mol. The molecule has 2 heterocycles. The summed E-state index contributed by atoms with van der Waals surface area (Å²) >= 11 is 0.559. The van der Waals surface area contributed by atoms with Crippen molar-refractivity contribution in [3.8, 4) is 0 Å². The first-order chi connectivity index (χ1) is 8.77. The molecule has 0 aromatic carbocycles. The van der Waals surface area contributed by atoms with Crippen LogP contribution in [0.2, 0.25) is 0 Å². The Bertz CT molecular complexity index is 475. The highest BCUT2D eigenvalue weighted by Gasteiger charge is 2.36. The maximum atomic E-state index is 12.5. The fourth-order valence-electron chi connectivity index (χ4n) is 2.23. The molecule has 8 heteroatoms. The third-order valence-corrected chi connectivity index (χ3v) is 4.16. The van der Waals surface area contributed by atoms with Crippen molar-refractivity contribution in [3.63, 3.8) is 0 Å². The number of aromatic nitrogens is 1. The molecule has 1 N–H and O–H groups in total. The highest BCUT2D eigenvalue weighted by molar-refractivity contribution is 7.15. The lowest BCUT2D eigenvalue weighted by molar-refractivity contribution is -0.142. The van der Waals surface area contributed by atoms with E-state index in [4.69, 9.17) is 5.11 Å². The topological polar surface area (TPSA) is 53.4 Å². The highest BCUT2D eigenvalue weighted by Crippen LogP contribution is 2.37. The zero-order chi connectivity index (χ0) is 14.2. The first-order valence-corrected chi connectivity index (χ1v) is 6.59. The molecule has 0 amide bonds. The van der Waals surface area contributed by atoms with Gasteiger partial charge < -0.3 is 10.0 Å². The molecule has 0 bridgehead atoms.